The maximum atomic E-state index is 12.3. The van der Waals surface area contributed by atoms with E-state index in [9.17, 15) is 9.59 Å². The highest BCUT2D eigenvalue weighted by atomic mass is 16.5. The van der Waals surface area contributed by atoms with Gasteiger partial charge in [-0.25, -0.2) is 4.79 Å². The van der Waals surface area contributed by atoms with Gasteiger partial charge in [0.05, 0.1) is 18.4 Å². The van der Waals surface area contributed by atoms with Gasteiger partial charge in [-0.05, 0) is 30.3 Å². The molecule has 0 spiro atoms. The maximum Gasteiger partial charge on any atom is 0.337 e. The first-order valence-corrected chi connectivity index (χ1v) is 7.56. The van der Waals surface area contributed by atoms with Gasteiger partial charge in [0, 0.05) is 11.3 Å². The zero-order valence-corrected chi connectivity index (χ0v) is 13.5. The molecule has 0 radical (unpaired) electrons. The van der Waals surface area contributed by atoms with Crippen molar-refractivity contribution in [3.8, 4) is 11.3 Å². The molecule has 0 fully saturated rings. The van der Waals surface area contributed by atoms with Crippen LogP contribution < -0.4 is 5.32 Å². The maximum absolute atomic E-state index is 12.3. The molecule has 0 aliphatic rings. The van der Waals surface area contributed by atoms with Gasteiger partial charge in [0.2, 0.25) is 0 Å². The molecule has 0 saturated carbocycles. The highest BCUT2D eigenvalue weighted by Gasteiger charge is 2.11. The number of rotatable bonds is 4. The molecule has 6 heteroatoms. The van der Waals surface area contributed by atoms with Gasteiger partial charge in [-0.1, -0.05) is 36.4 Å². The monoisotopic (exact) mass is 333 g/mol. The molecule has 0 unspecified atom stereocenters. The lowest BCUT2D eigenvalue weighted by Gasteiger charge is -2.06. The third kappa shape index (κ3) is 3.87. The molecule has 124 valence electrons. The van der Waals surface area contributed by atoms with E-state index in [4.69, 9.17) is 0 Å². The van der Waals surface area contributed by atoms with E-state index in [1.165, 1.54) is 13.2 Å². The Balaban J connectivity index is 1.74. The summed E-state index contributed by atoms with van der Waals surface area (Å²) in [7, 11) is 1.30. The number of nitrogens with one attached hydrogen (secondary N) is 1. The first-order chi connectivity index (χ1) is 12.2. The molecule has 0 saturated heterocycles. The zero-order valence-electron chi connectivity index (χ0n) is 13.5. The van der Waals surface area contributed by atoms with E-state index < -0.39 is 11.9 Å². The van der Waals surface area contributed by atoms with Crippen LogP contribution in [0.4, 0.5) is 5.69 Å². The Hall–Kier alpha value is -3.54. The van der Waals surface area contributed by atoms with Crippen molar-refractivity contribution in [2.75, 3.05) is 12.4 Å². The van der Waals surface area contributed by atoms with Gasteiger partial charge in [0.1, 0.15) is 0 Å². The quantitative estimate of drug-likeness (QED) is 0.742. The topological polar surface area (TPSA) is 81.2 Å². The Morgan fingerprint density at radius 3 is 2.40 bits per heavy atom. The summed E-state index contributed by atoms with van der Waals surface area (Å²) in [5.41, 5.74) is 2.62. The molecule has 0 bridgehead atoms. The van der Waals surface area contributed by atoms with Crippen molar-refractivity contribution in [1.29, 1.82) is 0 Å². The van der Waals surface area contributed by atoms with E-state index in [2.05, 4.69) is 20.3 Å². The minimum Gasteiger partial charge on any atom is -0.465 e. The average molecular weight is 333 g/mol. The van der Waals surface area contributed by atoms with Crippen LogP contribution in [0.1, 0.15) is 20.8 Å². The lowest BCUT2D eigenvalue weighted by molar-refractivity contribution is 0.0600. The SMILES string of the molecule is COC(=O)c1cccc(NC(=O)c2ccc(-c3ccccc3)nn2)c1. The predicted molar refractivity (Wildman–Crippen MR) is 93.2 cm³/mol. The van der Waals surface area contributed by atoms with E-state index >= 15 is 0 Å². The Kier molecular flexibility index (Phi) is 4.80. The number of ether oxygens (including phenoxy) is 1. The van der Waals surface area contributed by atoms with Crippen LogP contribution in [0.5, 0.6) is 0 Å². The van der Waals surface area contributed by atoms with Crippen molar-refractivity contribution in [2.24, 2.45) is 0 Å². The number of amides is 1. The lowest BCUT2D eigenvalue weighted by Crippen LogP contribution is -2.15. The molecule has 1 N–H and O–H groups in total. The zero-order chi connectivity index (χ0) is 17.6. The van der Waals surface area contributed by atoms with Crippen LogP contribution in [-0.4, -0.2) is 29.2 Å². The highest BCUT2D eigenvalue weighted by Crippen LogP contribution is 2.16. The third-order valence-electron chi connectivity index (χ3n) is 3.51. The number of carbonyl (C=O) groups excluding carboxylic acids is 2. The molecule has 1 aromatic heterocycles. The number of esters is 1. The van der Waals surface area contributed by atoms with Crippen molar-refractivity contribution in [3.63, 3.8) is 0 Å². The summed E-state index contributed by atoms with van der Waals surface area (Å²) in [6.45, 7) is 0. The number of hydrogen-bond acceptors (Lipinski definition) is 5. The van der Waals surface area contributed by atoms with Crippen LogP contribution in [0, 0.1) is 0 Å². The van der Waals surface area contributed by atoms with E-state index in [0.29, 0.717) is 16.9 Å². The van der Waals surface area contributed by atoms with Crippen LogP contribution >= 0.6 is 0 Å². The number of anilines is 1. The van der Waals surface area contributed by atoms with Crippen LogP contribution in [0.2, 0.25) is 0 Å². The van der Waals surface area contributed by atoms with Crippen LogP contribution in [0.15, 0.2) is 66.7 Å². The van der Waals surface area contributed by atoms with Gasteiger partial charge >= 0.3 is 5.97 Å². The van der Waals surface area contributed by atoms with E-state index in [1.807, 2.05) is 30.3 Å². The summed E-state index contributed by atoms with van der Waals surface area (Å²) in [5.74, 6) is -0.878. The number of carbonyl (C=O) groups is 2. The van der Waals surface area contributed by atoms with E-state index in [-0.39, 0.29) is 5.69 Å². The minimum atomic E-state index is -0.469. The summed E-state index contributed by atoms with van der Waals surface area (Å²) >= 11 is 0. The Labute approximate surface area is 144 Å². The largest absolute Gasteiger partial charge is 0.465 e. The number of nitrogens with zero attached hydrogens (tertiary/aromatic N) is 2. The summed E-state index contributed by atoms with van der Waals surface area (Å²) in [6.07, 6.45) is 0. The van der Waals surface area contributed by atoms with Crippen molar-refractivity contribution in [3.05, 3.63) is 78.0 Å². The average Bonchev–Trinajstić information content (AvgIpc) is 2.68. The molecule has 2 aromatic carbocycles. The number of benzene rings is 2. The summed E-state index contributed by atoms with van der Waals surface area (Å²) < 4.78 is 4.66. The van der Waals surface area contributed by atoms with Gasteiger partial charge in [0.25, 0.3) is 5.91 Å². The van der Waals surface area contributed by atoms with Gasteiger partial charge in [0.15, 0.2) is 5.69 Å². The van der Waals surface area contributed by atoms with Gasteiger partial charge in [-0.15, -0.1) is 10.2 Å². The standard InChI is InChI=1S/C19H15N3O3/c1-25-19(24)14-8-5-9-15(12-14)20-18(23)17-11-10-16(21-22-17)13-6-3-2-4-7-13/h2-12H,1H3,(H,20,23). The summed E-state index contributed by atoms with van der Waals surface area (Å²) in [5, 5.41) is 10.7. The first-order valence-electron chi connectivity index (χ1n) is 7.56. The van der Waals surface area contributed by atoms with Crippen molar-refractivity contribution >= 4 is 17.6 Å². The molecule has 25 heavy (non-hydrogen) atoms. The molecule has 1 heterocycles. The van der Waals surface area contributed by atoms with Gasteiger partial charge in [-0.2, -0.15) is 0 Å². The first kappa shape index (κ1) is 16.3. The van der Waals surface area contributed by atoms with E-state index in [0.717, 1.165) is 5.56 Å². The highest BCUT2D eigenvalue weighted by molar-refractivity contribution is 6.03. The summed E-state index contributed by atoms with van der Waals surface area (Å²) in [4.78, 5) is 23.8. The second-order valence-corrected chi connectivity index (χ2v) is 5.20. The molecule has 3 rings (SSSR count). The lowest BCUT2D eigenvalue weighted by atomic mass is 10.1. The van der Waals surface area contributed by atoms with Crippen molar-refractivity contribution < 1.29 is 14.3 Å². The Morgan fingerprint density at radius 2 is 1.72 bits per heavy atom. The number of hydrogen-bond donors (Lipinski definition) is 1. The molecule has 3 aromatic rings. The van der Waals surface area contributed by atoms with Crippen LogP contribution in [-0.2, 0) is 4.74 Å². The third-order valence-corrected chi connectivity index (χ3v) is 3.51. The minimum absolute atomic E-state index is 0.183. The molecule has 0 atom stereocenters. The fourth-order valence-electron chi connectivity index (χ4n) is 2.25. The molecule has 0 aliphatic heterocycles. The van der Waals surface area contributed by atoms with Gasteiger partial charge < -0.3 is 10.1 Å². The second kappa shape index (κ2) is 7.35. The second-order valence-electron chi connectivity index (χ2n) is 5.20. The van der Waals surface area contributed by atoms with Crippen molar-refractivity contribution in [1.82, 2.24) is 10.2 Å². The van der Waals surface area contributed by atoms with Crippen LogP contribution in [0.3, 0.4) is 0 Å². The fourth-order valence-corrected chi connectivity index (χ4v) is 2.25. The molecular formula is C19H15N3O3. The van der Waals surface area contributed by atoms with Gasteiger partial charge in [-0.3, -0.25) is 4.79 Å². The smallest absolute Gasteiger partial charge is 0.337 e. The molecule has 6 nitrogen and oxygen atoms in total. The molecule has 1 amide bonds. The predicted octanol–water partition coefficient (Wildman–Crippen LogP) is 3.18. The van der Waals surface area contributed by atoms with Crippen molar-refractivity contribution in [2.45, 2.75) is 0 Å². The number of methoxy groups -OCH3 is 1. The molecule has 0 aliphatic carbocycles. The Bertz CT molecular complexity index is 893. The fraction of sp³-hybridized carbons (Fsp3) is 0.0526. The normalized spacial score (nSPS) is 10.1. The molecular weight excluding hydrogens is 318 g/mol. The van der Waals surface area contributed by atoms with E-state index in [1.54, 1.807) is 30.3 Å². The van der Waals surface area contributed by atoms with Crippen LogP contribution in [0.25, 0.3) is 11.3 Å². The number of aromatic nitrogens is 2. The summed E-state index contributed by atoms with van der Waals surface area (Å²) in [6, 6.07) is 19.4. The Morgan fingerprint density at radius 1 is 0.920 bits per heavy atom.